The summed E-state index contributed by atoms with van der Waals surface area (Å²) in [5, 5.41) is 2.56. The fourth-order valence-corrected chi connectivity index (χ4v) is 2.58. The lowest BCUT2D eigenvalue weighted by molar-refractivity contribution is 0.102. The van der Waals surface area contributed by atoms with Crippen molar-refractivity contribution in [2.75, 3.05) is 23.9 Å². The molecule has 1 amide bonds. The monoisotopic (exact) mass is 337 g/mol. The molecule has 0 saturated heterocycles. The molecular formula is C14H15N3O5S. The first-order valence-electron chi connectivity index (χ1n) is 6.34. The largest absolute Gasteiger partial charge is 0.496 e. The molecule has 6 N–H and O–H groups in total. The number of hydrogen-bond acceptors (Lipinski definition) is 6. The number of nitrogen functional groups attached to an aromatic ring is 2. The topological polar surface area (TPSA) is 145 Å². The highest BCUT2D eigenvalue weighted by Gasteiger charge is 2.21. The van der Waals surface area contributed by atoms with E-state index in [0.29, 0.717) is 11.4 Å². The Morgan fingerprint density at radius 3 is 2.48 bits per heavy atom. The fraction of sp³-hybridized carbons (Fsp3) is 0.0714. The Balaban J connectivity index is 2.46. The molecule has 0 radical (unpaired) electrons. The van der Waals surface area contributed by atoms with Gasteiger partial charge in [-0.15, -0.1) is 0 Å². The average Bonchev–Trinajstić information content (AvgIpc) is 2.45. The predicted molar refractivity (Wildman–Crippen MR) is 86.0 cm³/mol. The summed E-state index contributed by atoms with van der Waals surface area (Å²) in [6.45, 7) is 0. The molecule has 2 rings (SSSR count). The Hall–Kier alpha value is -2.78. The van der Waals surface area contributed by atoms with E-state index < -0.39 is 20.9 Å². The van der Waals surface area contributed by atoms with Crippen LogP contribution in [-0.2, 0) is 10.1 Å². The Bertz CT molecular complexity index is 865. The molecule has 0 heterocycles. The lowest BCUT2D eigenvalue weighted by Crippen LogP contribution is -2.15. The molecule has 0 atom stereocenters. The van der Waals surface area contributed by atoms with Crippen molar-refractivity contribution in [1.82, 2.24) is 0 Å². The lowest BCUT2D eigenvalue weighted by Gasteiger charge is -2.12. The van der Waals surface area contributed by atoms with E-state index in [1.54, 1.807) is 18.2 Å². The highest BCUT2D eigenvalue weighted by atomic mass is 32.2. The molecule has 0 fully saturated rings. The van der Waals surface area contributed by atoms with Crippen molar-refractivity contribution in [3.05, 3.63) is 42.0 Å². The third kappa shape index (κ3) is 3.71. The summed E-state index contributed by atoms with van der Waals surface area (Å²) in [5.74, 6) is -0.575. The van der Waals surface area contributed by atoms with Crippen LogP contribution in [0.15, 0.2) is 41.3 Å². The van der Waals surface area contributed by atoms with Crippen molar-refractivity contribution in [2.24, 2.45) is 0 Å². The quantitative estimate of drug-likeness (QED) is 0.487. The molecular weight excluding hydrogens is 322 g/mol. The molecule has 0 aliphatic rings. The SMILES string of the molecule is COc1cc(N)c(S(=O)(=O)O)cc1C(=O)Nc1cccc(N)c1. The van der Waals surface area contributed by atoms with Crippen LogP contribution in [0.25, 0.3) is 0 Å². The summed E-state index contributed by atoms with van der Waals surface area (Å²) >= 11 is 0. The van der Waals surface area contributed by atoms with E-state index in [9.17, 15) is 13.2 Å². The summed E-state index contributed by atoms with van der Waals surface area (Å²) in [4.78, 5) is 11.8. The number of nitrogens with two attached hydrogens (primary N) is 2. The summed E-state index contributed by atoms with van der Waals surface area (Å²) in [5.41, 5.74) is 11.7. The molecule has 0 bridgehead atoms. The zero-order valence-corrected chi connectivity index (χ0v) is 12.9. The molecule has 8 nitrogen and oxygen atoms in total. The molecule has 0 aliphatic heterocycles. The number of carbonyl (C=O) groups excluding carboxylic acids is 1. The zero-order chi connectivity index (χ0) is 17.2. The van der Waals surface area contributed by atoms with Crippen molar-refractivity contribution < 1.29 is 22.5 Å². The number of anilines is 3. The van der Waals surface area contributed by atoms with E-state index in [4.69, 9.17) is 20.8 Å². The van der Waals surface area contributed by atoms with Gasteiger partial charge in [0.2, 0.25) is 0 Å². The van der Waals surface area contributed by atoms with Crippen LogP contribution in [-0.4, -0.2) is 26.0 Å². The van der Waals surface area contributed by atoms with Crippen molar-refractivity contribution in [1.29, 1.82) is 0 Å². The van der Waals surface area contributed by atoms with Crippen LogP contribution in [0.2, 0.25) is 0 Å². The molecule has 2 aromatic rings. The minimum absolute atomic E-state index is 0.0660. The smallest absolute Gasteiger partial charge is 0.296 e. The molecule has 2 aromatic carbocycles. The fourth-order valence-electron chi connectivity index (χ4n) is 1.96. The number of carbonyl (C=O) groups is 1. The van der Waals surface area contributed by atoms with Crippen LogP contribution in [0.3, 0.4) is 0 Å². The number of methoxy groups -OCH3 is 1. The average molecular weight is 337 g/mol. The lowest BCUT2D eigenvalue weighted by atomic mass is 10.1. The van der Waals surface area contributed by atoms with Crippen LogP contribution in [0.1, 0.15) is 10.4 Å². The molecule has 23 heavy (non-hydrogen) atoms. The van der Waals surface area contributed by atoms with E-state index in [2.05, 4.69) is 5.32 Å². The second-order valence-corrected chi connectivity index (χ2v) is 6.03. The number of amides is 1. The first-order valence-corrected chi connectivity index (χ1v) is 7.78. The molecule has 0 aromatic heterocycles. The van der Waals surface area contributed by atoms with Crippen molar-refractivity contribution in [3.63, 3.8) is 0 Å². The predicted octanol–water partition coefficient (Wildman–Crippen LogP) is 1.36. The molecule has 9 heteroatoms. The van der Waals surface area contributed by atoms with Crippen molar-refractivity contribution >= 4 is 33.1 Å². The van der Waals surface area contributed by atoms with Gasteiger partial charge in [-0.2, -0.15) is 8.42 Å². The van der Waals surface area contributed by atoms with Gasteiger partial charge < -0.3 is 21.5 Å². The number of hydrogen-bond donors (Lipinski definition) is 4. The van der Waals surface area contributed by atoms with Gasteiger partial charge in [-0.1, -0.05) is 6.07 Å². The second-order valence-electron chi connectivity index (χ2n) is 4.64. The van der Waals surface area contributed by atoms with Crippen LogP contribution < -0.4 is 21.5 Å². The zero-order valence-electron chi connectivity index (χ0n) is 12.1. The van der Waals surface area contributed by atoms with Crippen LogP contribution in [0, 0.1) is 0 Å². The van der Waals surface area contributed by atoms with Gasteiger partial charge in [0, 0.05) is 17.4 Å². The van der Waals surface area contributed by atoms with E-state index in [0.717, 1.165) is 12.1 Å². The molecule has 0 spiro atoms. The molecule has 0 unspecified atom stereocenters. The van der Waals surface area contributed by atoms with E-state index in [1.165, 1.54) is 13.2 Å². The van der Waals surface area contributed by atoms with E-state index in [1.807, 2.05) is 0 Å². The third-order valence-corrected chi connectivity index (χ3v) is 3.91. The maximum Gasteiger partial charge on any atom is 0.296 e. The van der Waals surface area contributed by atoms with Gasteiger partial charge in [0.05, 0.1) is 18.4 Å². The van der Waals surface area contributed by atoms with Gasteiger partial charge in [0.15, 0.2) is 0 Å². The Labute approximate surface area is 132 Å². The normalized spacial score (nSPS) is 11.0. The van der Waals surface area contributed by atoms with Gasteiger partial charge in [-0.05, 0) is 24.3 Å². The van der Waals surface area contributed by atoms with Gasteiger partial charge >= 0.3 is 0 Å². The van der Waals surface area contributed by atoms with Gasteiger partial charge in [0.25, 0.3) is 16.0 Å². The maximum absolute atomic E-state index is 12.3. The minimum Gasteiger partial charge on any atom is -0.496 e. The highest BCUT2D eigenvalue weighted by molar-refractivity contribution is 7.86. The number of ether oxygens (including phenoxy) is 1. The summed E-state index contributed by atoms with van der Waals surface area (Å²) in [7, 11) is -3.27. The maximum atomic E-state index is 12.3. The molecule has 0 saturated carbocycles. The molecule has 0 aliphatic carbocycles. The second kappa shape index (κ2) is 6.15. The van der Waals surface area contributed by atoms with E-state index >= 15 is 0 Å². The van der Waals surface area contributed by atoms with Crippen molar-refractivity contribution in [3.8, 4) is 5.75 Å². The standard InChI is InChI=1S/C14H15N3O5S/c1-22-12-7-11(16)13(23(19,20)21)6-10(12)14(18)17-9-4-2-3-8(15)5-9/h2-7H,15-16H2,1H3,(H,17,18)(H,19,20,21). The minimum atomic E-state index is -4.57. The Morgan fingerprint density at radius 2 is 1.91 bits per heavy atom. The number of benzene rings is 2. The first-order chi connectivity index (χ1) is 10.7. The van der Waals surface area contributed by atoms with Gasteiger partial charge in [0.1, 0.15) is 10.6 Å². The Kier molecular flexibility index (Phi) is 4.43. The number of nitrogens with one attached hydrogen (secondary N) is 1. The summed E-state index contributed by atoms with van der Waals surface area (Å²) in [6.07, 6.45) is 0. The first kappa shape index (κ1) is 16.6. The molecule has 122 valence electrons. The number of rotatable bonds is 4. The van der Waals surface area contributed by atoms with Crippen LogP contribution in [0.4, 0.5) is 17.1 Å². The third-order valence-electron chi connectivity index (χ3n) is 3.00. The summed E-state index contributed by atoms with van der Waals surface area (Å²) < 4.78 is 36.8. The van der Waals surface area contributed by atoms with Crippen molar-refractivity contribution in [2.45, 2.75) is 4.90 Å². The Morgan fingerprint density at radius 1 is 1.22 bits per heavy atom. The summed E-state index contributed by atoms with van der Waals surface area (Å²) in [6, 6.07) is 8.54. The van der Waals surface area contributed by atoms with Crippen LogP contribution >= 0.6 is 0 Å². The van der Waals surface area contributed by atoms with Gasteiger partial charge in [-0.3, -0.25) is 9.35 Å². The van der Waals surface area contributed by atoms with Gasteiger partial charge in [-0.25, -0.2) is 0 Å². The highest BCUT2D eigenvalue weighted by Crippen LogP contribution is 2.29. The van der Waals surface area contributed by atoms with Crippen LogP contribution in [0.5, 0.6) is 5.75 Å². The van der Waals surface area contributed by atoms with E-state index in [-0.39, 0.29) is 17.0 Å².